The van der Waals surface area contributed by atoms with Crippen LogP contribution in [0.3, 0.4) is 0 Å². The first-order chi connectivity index (χ1) is 11.0. The van der Waals surface area contributed by atoms with Crippen LogP contribution in [0.15, 0.2) is 30.3 Å². The molecule has 1 aromatic rings. The number of halogens is 2. The molecule has 1 amide bonds. The van der Waals surface area contributed by atoms with Crippen LogP contribution in [0.1, 0.15) is 40.2 Å². The molecule has 0 saturated carbocycles. The van der Waals surface area contributed by atoms with Crippen molar-refractivity contribution in [3.63, 3.8) is 0 Å². The molecule has 6 heteroatoms. The number of carbonyl (C=O) groups is 1. The Labute approximate surface area is 156 Å². The Morgan fingerprint density at radius 1 is 1.38 bits per heavy atom. The number of hydrogen-bond donors (Lipinski definition) is 0. The summed E-state index contributed by atoms with van der Waals surface area (Å²) in [6.07, 6.45) is 1.57. The Morgan fingerprint density at radius 2 is 1.96 bits per heavy atom. The lowest BCUT2D eigenvalue weighted by atomic mass is 10.1. The molecule has 4 nitrogen and oxygen atoms in total. The Kier molecular flexibility index (Phi) is 5.68. The van der Waals surface area contributed by atoms with Crippen molar-refractivity contribution < 1.29 is 14.3 Å². The van der Waals surface area contributed by atoms with Crippen molar-refractivity contribution >= 4 is 38.1 Å². The van der Waals surface area contributed by atoms with E-state index in [0.717, 1.165) is 10.0 Å². The van der Waals surface area contributed by atoms with Crippen LogP contribution in [0.25, 0.3) is 4.48 Å². The molecule has 1 fully saturated rings. The van der Waals surface area contributed by atoms with Crippen LogP contribution in [-0.4, -0.2) is 35.0 Å². The molecule has 1 aromatic carbocycles. The lowest BCUT2D eigenvalue weighted by Gasteiger charge is -2.34. The first kappa shape index (κ1) is 19.3. The van der Waals surface area contributed by atoms with Crippen molar-refractivity contribution in [3.8, 4) is 0 Å². The van der Waals surface area contributed by atoms with Gasteiger partial charge in [0, 0.05) is 9.51 Å². The van der Waals surface area contributed by atoms with Crippen LogP contribution in [-0.2, 0) is 9.47 Å². The maximum Gasteiger partial charge on any atom is 0.413 e. The second-order valence-corrected chi connectivity index (χ2v) is 8.49. The average molecular weight is 417 g/mol. The third-order valence-corrected chi connectivity index (χ3v) is 4.54. The Bertz CT molecular complexity index is 635. The molecule has 0 aliphatic carbocycles. The van der Waals surface area contributed by atoms with E-state index < -0.39 is 11.3 Å². The number of ether oxygens (including phenoxy) is 2. The van der Waals surface area contributed by atoms with E-state index in [4.69, 9.17) is 21.1 Å². The van der Waals surface area contributed by atoms with E-state index >= 15 is 0 Å². The number of hydrogen-bond acceptors (Lipinski definition) is 3. The zero-order valence-electron chi connectivity index (χ0n) is 14.6. The van der Waals surface area contributed by atoms with Crippen LogP contribution in [0.4, 0.5) is 4.79 Å². The Hall–Kier alpha value is -1.04. The summed E-state index contributed by atoms with van der Waals surface area (Å²) in [5.41, 5.74) is -0.304. The minimum Gasteiger partial charge on any atom is -0.444 e. The van der Waals surface area contributed by atoms with Gasteiger partial charge >= 0.3 is 6.09 Å². The van der Waals surface area contributed by atoms with E-state index in [1.165, 1.54) is 0 Å². The molecule has 0 unspecified atom stereocenters. The molecule has 0 radical (unpaired) electrons. The lowest BCUT2D eigenvalue weighted by molar-refractivity contribution is -0.0610. The van der Waals surface area contributed by atoms with E-state index in [2.05, 4.69) is 15.9 Å². The average Bonchev–Trinajstić information content (AvgIpc) is 2.72. The van der Waals surface area contributed by atoms with Crippen LogP contribution >= 0.6 is 27.5 Å². The molecule has 2 rings (SSSR count). The predicted molar refractivity (Wildman–Crippen MR) is 100 cm³/mol. The van der Waals surface area contributed by atoms with Crippen molar-refractivity contribution in [2.24, 2.45) is 0 Å². The van der Waals surface area contributed by atoms with Gasteiger partial charge in [-0.3, -0.25) is 4.90 Å². The van der Waals surface area contributed by atoms with Gasteiger partial charge in [0.25, 0.3) is 0 Å². The maximum atomic E-state index is 12.6. The second-order valence-electron chi connectivity index (χ2n) is 7.20. The molecule has 1 aliphatic rings. The summed E-state index contributed by atoms with van der Waals surface area (Å²) in [7, 11) is 0. The number of carbonyl (C=O) groups excluding carboxylic acids is 1. The highest BCUT2D eigenvalue weighted by Crippen LogP contribution is 2.33. The predicted octanol–water partition coefficient (Wildman–Crippen LogP) is 5.45. The van der Waals surface area contributed by atoms with Gasteiger partial charge in [-0.2, -0.15) is 0 Å². The minimum atomic E-state index is -0.725. The fourth-order valence-corrected chi connectivity index (χ4v) is 3.19. The standard InChI is InChI=1S/C18H23BrClNO3/c1-17(2,3)24-16(22)21-14(11-23-18(21,4)5)10-15(19)12-6-8-13(20)9-7-12/h6-10,14H,11H2,1-5H3/b15-10-/t14-/m0/s1. The van der Waals surface area contributed by atoms with Crippen molar-refractivity contribution in [1.29, 1.82) is 0 Å². The van der Waals surface area contributed by atoms with Crippen molar-refractivity contribution in [1.82, 2.24) is 4.90 Å². The smallest absolute Gasteiger partial charge is 0.413 e. The molecule has 1 heterocycles. The number of rotatable bonds is 2. The monoisotopic (exact) mass is 415 g/mol. The van der Waals surface area contributed by atoms with Crippen molar-refractivity contribution in [3.05, 3.63) is 40.9 Å². The van der Waals surface area contributed by atoms with E-state index in [9.17, 15) is 4.79 Å². The second kappa shape index (κ2) is 7.06. The molecule has 0 spiro atoms. The van der Waals surface area contributed by atoms with Gasteiger partial charge in [-0.15, -0.1) is 0 Å². The molecule has 132 valence electrons. The first-order valence-electron chi connectivity index (χ1n) is 7.79. The van der Waals surface area contributed by atoms with Gasteiger partial charge in [0.05, 0.1) is 12.6 Å². The van der Waals surface area contributed by atoms with Gasteiger partial charge in [0.1, 0.15) is 11.3 Å². The first-order valence-corrected chi connectivity index (χ1v) is 8.96. The van der Waals surface area contributed by atoms with E-state index in [1.54, 1.807) is 4.90 Å². The fourth-order valence-electron chi connectivity index (χ4n) is 2.50. The fraction of sp³-hybridized carbons (Fsp3) is 0.500. The molecule has 0 aromatic heterocycles. The topological polar surface area (TPSA) is 38.8 Å². The Balaban J connectivity index is 2.25. The van der Waals surface area contributed by atoms with Gasteiger partial charge < -0.3 is 9.47 Å². The summed E-state index contributed by atoms with van der Waals surface area (Å²) in [6.45, 7) is 9.69. The van der Waals surface area contributed by atoms with Gasteiger partial charge in [-0.1, -0.05) is 39.7 Å². The third kappa shape index (κ3) is 4.74. The molecule has 24 heavy (non-hydrogen) atoms. The molecule has 1 aliphatic heterocycles. The highest BCUT2D eigenvalue weighted by atomic mass is 79.9. The largest absolute Gasteiger partial charge is 0.444 e. The van der Waals surface area contributed by atoms with Gasteiger partial charge in [0.2, 0.25) is 0 Å². The van der Waals surface area contributed by atoms with Gasteiger partial charge in [0.15, 0.2) is 0 Å². The highest BCUT2D eigenvalue weighted by molar-refractivity contribution is 9.15. The van der Waals surface area contributed by atoms with E-state index in [-0.39, 0.29) is 12.1 Å². The quantitative estimate of drug-likeness (QED) is 0.643. The summed E-state index contributed by atoms with van der Waals surface area (Å²) in [6, 6.07) is 7.27. The summed E-state index contributed by atoms with van der Waals surface area (Å²) >= 11 is 9.51. The van der Waals surface area contributed by atoms with Crippen LogP contribution < -0.4 is 0 Å². The number of benzene rings is 1. The Morgan fingerprint density at radius 3 is 2.50 bits per heavy atom. The van der Waals surface area contributed by atoms with Crippen LogP contribution in [0.5, 0.6) is 0 Å². The molecular formula is C18H23BrClNO3. The summed E-state index contributed by atoms with van der Waals surface area (Å²) in [4.78, 5) is 14.2. The number of amides is 1. The summed E-state index contributed by atoms with van der Waals surface area (Å²) < 4.78 is 12.2. The lowest BCUT2D eigenvalue weighted by Crippen LogP contribution is -2.49. The molecule has 0 N–H and O–H groups in total. The molecule has 0 bridgehead atoms. The van der Waals surface area contributed by atoms with Crippen molar-refractivity contribution in [2.45, 2.75) is 52.0 Å². The SMILES string of the molecule is CC(C)(C)OC(=O)N1[C@@H](/C=C(\Br)c2ccc(Cl)cc2)COC1(C)C. The number of nitrogens with zero attached hydrogens (tertiary/aromatic N) is 1. The normalized spacial score (nSPS) is 21.0. The van der Waals surface area contributed by atoms with Gasteiger partial charge in [-0.05, 0) is 58.4 Å². The molecule has 1 saturated heterocycles. The zero-order valence-corrected chi connectivity index (χ0v) is 16.9. The zero-order chi connectivity index (χ0) is 18.1. The van der Waals surface area contributed by atoms with Crippen molar-refractivity contribution in [2.75, 3.05) is 6.61 Å². The summed E-state index contributed by atoms with van der Waals surface area (Å²) in [5, 5.41) is 0.680. The van der Waals surface area contributed by atoms with Gasteiger partial charge in [-0.25, -0.2) is 4.79 Å². The van der Waals surface area contributed by atoms with Crippen LogP contribution in [0.2, 0.25) is 5.02 Å². The van der Waals surface area contributed by atoms with Crippen LogP contribution in [0, 0.1) is 0 Å². The van der Waals surface area contributed by atoms with E-state index in [0.29, 0.717) is 11.6 Å². The molecular weight excluding hydrogens is 394 g/mol. The third-order valence-electron chi connectivity index (χ3n) is 3.57. The molecule has 1 atom stereocenters. The summed E-state index contributed by atoms with van der Waals surface area (Å²) in [5.74, 6) is 0. The highest BCUT2D eigenvalue weighted by Gasteiger charge is 2.44. The minimum absolute atomic E-state index is 0.222. The van der Waals surface area contributed by atoms with E-state index in [1.807, 2.05) is 65.0 Å². The maximum absolute atomic E-state index is 12.6.